The van der Waals surface area contributed by atoms with Crippen LogP contribution in [0.4, 0.5) is 0 Å². The van der Waals surface area contributed by atoms with E-state index in [0.717, 1.165) is 53.0 Å². The maximum Gasteiger partial charge on any atom is 0.113 e. The Morgan fingerprint density at radius 1 is 0.917 bits per heavy atom. The highest BCUT2D eigenvalue weighted by Gasteiger charge is 2.12. The van der Waals surface area contributed by atoms with E-state index in [0.29, 0.717) is 5.92 Å². The van der Waals surface area contributed by atoms with Gasteiger partial charge in [-0.15, -0.1) is 0 Å². The molecule has 0 aliphatic carbocycles. The van der Waals surface area contributed by atoms with E-state index < -0.39 is 0 Å². The van der Waals surface area contributed by atoms with Crippen LogP contribution in [0.5, 0.6) is 0 Å². The molecule has 36 heavy (non-hydrogen) atoms. The maximum atomic E-state index is 5.99. The predicted molar refractivity (Wildman–Crippen MR) is 153 cm³/mol. The van der Waals surface area contributed by atoms with Crippen LogP contribution in [0, 0.1) is 23.7 Å². The molecule has 4 rings (SSSR count). The Hall–Kier alpha value is -3.06. The number of pyridine rings is 1. The first-order valence-electron chi connectivity index (χ1n) is 13.0. The SMILES string of the molecule is CCC(C)CN(CCn1ccc2cc(C#Cc3ccc(-c4ccc(Cl)cc4)cn3)ccc21)CC(C)C. The van der Waals surface area contributed by atoms with Crippen molar-refractivity contribution in [1.29, 1.82) is 0 Å². The van der Waals surface area contributed by atoms with Crippen LogP contribution in [0.3, 0.4) is 0 Å². The summed E-state index contributed by atoms with van der Waals surface area (Å²) < 4.78 is 2.37. The van der Waals surface area contributed by atoms with Crippen molar-refractivity contribution in [3.63, 3.8) is 0 Å². The lowest BCUT2D eigenvalue weighted by Crippen LogP contribution is -2.34. The second-order valence-corrected chi connectivity index (χ2v) is 10.6. The standard InChI is InChI=1S/C32H36ClN3/c1-5-25(4)23-35(22-24(2)3)18-19-36-17-16-28-20-26(7-15-32(28)36)6-13-31-14-10-29(21-34-31)27-8-11-30(33)12-9-27/h7-12,14-17,20-21,24-25H,5,18-19,22-23H2,1-4H3. The molecule has 1 atom stereocenters. The molecule has 0 bridgehead atoms. The van der Waals surface area contributed by atoms with Crippen LogP contribution in [-0.4, -0.2) is 34.1 Å². The Morgan fingerprint density at radius 2 is 1.69 bits per heavy atom. The fourth-order valence-electron chi connectivity index (χ4n) is 4.48. The molecule has 4 aromatic rings. The molecule has 1 unspecified atom stereocenters. The van der Waals surface area contributed by atoms with Gasteiger partial charge in [0.25, 0.3) is 0 Å². The summed E-state index contributed by atoms with van der Waals surface area (Å²) in [7, 11) is 0. The van der Waals surface area contributed by atoms with E-state index in [4.69, 9.17) is 11.6 Å². The van der Waals surface area contributed by atoms with Gasteiger partial charge in [0, 0.05) is 65.6 Å². The van der Waals surface area contributed by atoms with Crippen molar-refractivity contribution in [2.75, 3.05) is 19.6 Å². The van der Waals surface area contributed by atoms with E-state index in [1.165, 1.54) is 23.9 Å². The predicted octanol–water partition coefficient (Wildman–Crippen LogP) is 7.76. The molecule has 0 N–H and O–H groups in total. The normalized spacial score (nSPS) is 12.2. The molecular weight excluding hydrogens is 462 g/mol. The van der Waals surface area contributed by atoms with Gasteiger partial charge < -0.3 is 9.47 Å². The van der Waals surface area contributed by atoms with Crippen molar-refractivity contribution in [3.8, 4) is 23.0 Å². The second kappa shape index (κ2) is 12.3. The van der Waals surface area contributed by atoms with Crippen LogP contribution in [0.25, 0.3) is 22.0 Å². The quantitative estimate of drug-likeness (QED) is 0.220. The Balaban J connectivity index is 1.43. The van der Waals surface area contributed by atoms with E-state index in [-0.39, 0.29) is 0 Å². The van der Waals surface area contributed by atoms with Crippen molar-refractivity contribution < 1.29 is 0 Å². The van der Waals surface area contributed by atoms with Crippen LogP contribution in [0.2, 0.25) is 5.02 Å². The minimum absolute atomic E-state index is 0.680. The number of aromatic nitrogens is 2. The lowest BCUT2D eigenvalue weighted by atomic mass is 10.1. The molecule has 2 heterocycles. The first kappa shape index (κ1) is 26.0. The highest BCUT2D eigenvalue weighted by atomic mass is 35.5. The fourth-order valence-corrected chi connectivity index (χ4v) is 4.61. The summed E-state index contributed by atoms with van der Waals surface area (Å²) >= 11 is 5.99. The summed E-state index contributed by atoms with van der Waals surface area (Å²) in [5, 5.41) is 1.96. The summed E-state index contributed by atoms with van der Waals surface area (Å²) in [5.41, 5.74) is 5.17. The van der Waals surface area contributed by atoms with Gasteiger partial charge in [0.2, 0.25) is 0 Å². The zero-order chi connectivity index (χ0) is 25.5. The zero-order valence-corrected chi connectivity index (χ0v) is 22.6. The molecule has 0 spiro atoms. The summed E-state index contributed by atoms with van der Waals surface area (Å²) in [6.45, 7) is 13.6. The molecular formula is C32H36ClN3. The van der Waals surface area contributed by atoms with Crippen LogP contribution < -0.4 is 0 Å². The first-order chi connectivity index (χ1) is 17.4. The molecule has 0 aliphatic rings. The molecule has 0 saturated heterocycles. The first-order valence-corrected chi connectivity index (χ1v) is 13.3. The molecule has 0 amide bonds. The van der Waals surface area contributed by atoms with Crippen LogP contribution >= 0.6 is 11.6 Å². The Bertz CT molecular complexity index is 1320. The molecule has 0 fully saturated rings. The molecule has 0 saturated carbocycles. The zero-order valence-electron chi connectivity index (χ0n) is 21.8. The Morgan fingerprint density at radius 3 is 2.39 bits per heavy atom. The topological polar surface area (TPSA) is 21.1 Å². The molecule has 3 nitrogen and oxygen atoms in total. The molecule has 2 aromatic heterocycles. The van der Waals surface area contributed by atoms with Gasteiger partial charge >= 0.3 is 0 Å². The minimum Gasteiger partial charge on any atom is -0.346 e. The van der Waals surface area contributed by atoms with Crippen LogP contribution in [-0.2, 0) is 6.54 Å². The van der Waals surface area contributed by atoms with Gasteiger partial charge in [0.1, 0.15) is 5.69 Å². The Kier molecular flexibility index (Phi) is 8.86. The average Bonchev–Trinajstić information content (AvgIpc) is 3.28. The number of rotatable bonds is 9. The van der Waals surface area contributed by atoms with Gasteiger partial charge in [0.15, 0.2) is 0 Å². The van der Waals surface area contributed by atoms with E-state index in [2.05, 4.69) is 84.4 Å². The van der Waals surface area contributed by atoms with E-state index in [1.54, 1.807) is 0 Å². The summed E-state index contributed by atoms with van der Waals surface area (Å²) in [6, 6.07) is 20.5. The lowest BCUT2D eigenvalue weighted by Gasteiger charge is -2.27. The summed E-state index contributed by atoms with van der Waals surface area (Å²) in [5.74, 6) is 7.90. The van der Waals surface area contributed by atoms with Gasteiger partial charge in [-0.3, -0.25) is 0 Å². The molecule has 4 heteroatoms. The molecule has 186 valence electrons. The highest BCUT2D eigenvalue weighted by molar-refractivity contribution is 6.30. The van der Waals surface area contributed by atoms with Crippen molar-refractivity contribution in [3.05, 3.63) is 89.3 Å². The minimum atomic E-state index is 0.680. The number of hydrogen-bond acceptors (Lipinski definition) is 2. The monoisotopic (exact) mass is 497 g/mol. The number of hydrogen-bond donors (Lipinski definition) is 0. The van der Waals surface area contributed by atoms with E-state index in [1.807, 2.05) is 42.6 Å². The van der Waals surface area contributed by atoms with Gasteiger partial charge in [0.05, 0.1) is 0 Å². The summed E-state index contributed by atoms with van der Waals surface area (Å²) in [6.07, 6.45) is 5.29. The number of halogens is 1. The van der Waals surface area contributed by atoms with Crippen molar-refractivity contribution >= 4 is 22.5 Å². The number of benzene rings is 2. The largest absolute Gasteiger partial charge is 0.346 e. The van der Waals surface area contributed by atoms with Crippen molar-refractivity contribution in [2.24, 2.45) is 11.8 Å². The maximum absolute atomic E-state index is 5.99. The second-order valence-electron chi connectivity index (χ2n) is 10.1. The number of fused-ring (bicyclic) bond motifs is 1. The van der Waals surface area contributed by atoms with Crippen molar-refractivity contribution in [1.82, 2.24) is 14.5 Å². The van der Waals surface area contributed by atoms with E-state index >= 15 is 0 Å². The number of nitrogens with zero attached hydrogens (tertiary/aromatic N) is 3. The fraction of sp³-hybridized carbons (Fsp3) is 0.344. The van der Waals surface area contributed by atoms with Crippen molar-refractivity contribution in [2.45, 2.75) is 40.7 Å². The van der Waals surface area contributed by atoms with Gasteiger partial charge in [-0.2, -0.15) is 0 Å². The van der Waals surface area contributed by atoms with Gasteiger partial charge in [-0.1, -0.05) is 69.8 Å². The molecule has 0 radical (unpaired) electrons. The van der Waals surface area contributed by atoms with Gasteiger partial charge in [-0.25, -0.2) is 4.98 Å². The van der Waals surface area contributed by atoms with Crippen LogP contribution in [0.1, 0.15) is 45.4 Å². The lowest BCUT2D eigenvalue weighted by molar-refractivity contribution is 0.205. The molecule has 2 aromatic carbocycles. The highest BCUT2D eigenvalue weighted by Crippen LogP contribution is 2.21. The third-order valence-electron chi connectivity index (χ3n) is 6.59. The molecule has 0 aliphatic heterocycles. The van der Waals surface area contributed by atoms with E-state index in [9.17, 15) is 0 Å². The third-order valence-corrected chi connectivity index (χ3v) is 6.85. The smallest absolute Gasteiger partial charge is 0.113 e. The third kappa shape index (κ3) is 7.00. The van der Waals surface area contributed by atoms with Gasteiger partial charge in [-0.05, 0) is 65.8 Å². The van der Waals surface area contributed by atoms with Crippen LogP contribution in [0.15, 0.2) is 73.1 Å². The Labute approximate surface area is 221 Å². The average molecular weight is 498 g/mol. The summed E-state index contributed by atoms with van der Waals surface area (Å²) in [4.78, 5) is 7.15.